The molecule has 0 aliphatic carbocycles. The monoisotopic (exact) mass is 455 g/mol. The Morgan fingerprint density at radius 2 is 1.93 bits per heavy atom. The van der Waals surface area contributed by atoms with Gasteiger partial charge in [0.05, 0.1) is 31.4 Å². The quantitative estimate of drug-likeness (QED) is 0.293. The second-order valence-electron chi connectivity index (χ2n) is 4.92. The second-order valence-corrected chi connectivity index (χ2v) is 6.81. The molecule has 1 aliphatic rings. The number of carbonyl (C=O) groups is 2. The minimum Gasteiger partial charge on any atom is -0.490 e. The molecule has 0 radical (unpaired) electrons. The fraction of sp³-hybridized carbons (Fsp3) is 0.294. The normalized spacial score (nSPS) is 16.8. The molecule has 1 saturated heterocycles. The first kappa shape index (κ1) is 21.0. The van der Waals surface area contributed by atoms with E-state index in [1.165, 1.54) is 13.3 Å². The van der Waals surface area contributed by atoms with Crippen LogP contribution in [0, 0.1) is 0 Å². The van der Waals surface area contributed by atoms with Crippen LogP contribution in [0.4, 0.5) is 0 Å². The van der Waals surface area contributed by atoms with Gasteiger partial charge >= 0.3 is 5.97 Å². The van der Waals surface area contributed by atoms with E-state index in [9.17, 15) is 9.59 Å². The van der Waals surface area contributed by atoms with Gasteiger partial charge in [-0.3, -0.25) is 10.1 Å². The maximum Gasteiger partial charge on any atom is 0.331 e. The third kappa shape index (κ3) is 5.83. The average Bonchev–Trinajstić information content (AvgIpc) is 2.98. The molecule has 1 fully saturated rings. The number of halogens is 1. The largest absolute Gasteiger partial charge is 0.490 e. The molecule has 0 unspecified atom stereocenters. The summed E-state index contributed by atoms with van der Waals surface area (Å²) in [6.45, 7) is 4.80. The molecule has 8 nitrogen and oxygen atoms in total. The summed E-state index contributed by atoms with van der Waals surface area (Å²) in [7, 11) is 1.24. The van der Waals surface area contributed by atoms with Crippen molar-refractivity contribution in [3.8, 4) is 11.5 Å². The van der Waals surface area contributed by atoms with Crippen LogP contribution in [0.3, 0.4) is 0 Å². The van der Waals surface area contributed by atoms with Crippen molar-refractivity contribution in [3.63, 3.8) is 0 Å². The van der Waals surface area contributed by atoms with Crippen LogP contribution < -0.4 is 14.8 Å². The lowest BCUT2D eigenvalue weighted by Crippen LogP contribution is -2.19. The van der Waals surface area contributed by atoms with E-state index in [4.69, 9.17) is 9.47 Å². The number of amidine groups is 1. The molecule has 0 bridgehead atoms. The molecule has 10 heteroatoms. The molecule has 1 aliphatic heterocycles. The highest BCUT2D eigenvalue weighted by Crippen LogP contribution is 2.33. The fourth-order valence-electron chi connectivity index (χ4n) is 1.97. The number of amides is 1. The summed E-state index contributed by atoms with van der Waals surface area (Å²) in [5.41, 5.74) is 0.728. The van der Waals surface area contributed by atoms with E-state index in [1.807, 2.05) is 13.8 Å². The summed E-state index contributed by atoms with van der Waals surface area (Å²) in [5.74, 6) is 0.189. The van der Waals surface area contributed by atoms with Crippen molar-refractivity contribution >= 4 is 51.0 Å². The molecule has 2 rings (SSSR count). The van der Waals surface area contributed by atoms with Gasteiger partial charge in [0, 0.05) is 16.1 Å². The van der Waals surface area contributed by atoms with E-state index >= 15 is 0 Å². The predicted octanol–water partition coefficient (Wildman–Crippen LogP) is 2.86. The first-order valence-electron chi connectivity index (χ1n) is 7.97. The van der Waals surface area contributed by atoms with Gasteiger partial charge in [0.2, 0.25) is 0 Å². The van der Waals surface area contributed by atoms with Crippen LogP contribution in [0.1, 0.15) is 19.4 Å². The number of hydrogen-bond acceptors (Lipinski definition) is 8. The Kier molecular flexibility index (Phi) is 7.86. The Morgan fingerprint density at radius 3 is 2.56 bits per heavy atom. The van der Waals surface area contributed by atoms with Gasteiger partial charge in [-0.15, -0.1) is 5.10 Å². The van der Waals surface area contributed by atoms with Crippen molar-refractivity contribution in [3.05, 3.63) is 33.2 Å². The van der Waals surface area contributed by atoms with Gasteiger partial charge in [-0.1, -0.05) is 0 Å². The summed E-state index contributed by atoms with van der Waals surface area (Å²) in [6, 6.07) is 3.58. The van der Waals surface area contributed by atoms with Crippen molar-refractivity contribution in [1.82, 2.24) is 5.32 Å². The van der Waals surface area contributed by atoms with Gasteiger partial charge in [-0.2, -0.15) is 5.10 Å². The van der Waals surface area contributed by atoms with Crippen molar-refractivity contribution in [1.29, 1.82) is 0 Å². The third-order valence-corrected chi connectivity index (χ3v) is 4.70. The topological polar surface area (TPSA) is 98.6 Å². The van der Waals surface area contributed by atoms with Crippen LogP contribution in [0.25, 0.3) is 0 Å². The van der Waals surface area contributed by atoms with E-state index in [-0.39, 0.29) is 10.1 Å². The maximum atomic E-state index is 11.8. The van der Waals surface area contributed by atoms with Gasteiger partial charge in [0.25, 0.3) is 5.91 Å². The molecule has 1 aromatic rings. The number of nitrogens with zero attached hydrogens (tertiary/aromatic N) is 2. The third-order valence-electron chi connectivity index (χ3n) is 3.11. The zero-order chi connectivity index (χ0) is 19.8. The van der Waals surface area contributed by atoms with Crippen LogP contribution in [-0.2, 0) is 14.3 Å². The first-order valence-corrected chi connectivity index (χ1v) is 9.58. The SMILES string of the molecule is CCOc1cc(Br)c(C=N/N=C2/NC(=O)/C(=C\C(=O)OC)S2)cc1OCC. The molecule has 1 heterocycles. The van der Waals surface area contributed by atoms with Crippen LogP contribution >= 0.6 is 27.7 Å². The van der Waals surface area contributed by atoms with Crippen LogP contribution in [0.15, 0.2) is 37.8 Å². The van der Waals surface area contributed by atoms with E-state index in [0.717, 1.165) is 27.9 Å². The fourth-order valence-corrected chi connectivity index (χ4v) is 3.13. The minimum atomic E-state index is -0.612. The zero-order valence-corrected chi connectivity index (χ0v) is 17.3. The summed E-state index contributed by atoms with van der Waals surface area (Å²) >= 11 is 4.46. The lowest BCUT2D eigenvalue weighted by Gasteiger charge is -2.12. The number of nitrogens with one attached hydrogen (secondary N) is 1. The summed E-state index contributed by atoms with van der Waals surface area (Å²) in [6.07, 6.45) is 2.62. The molecule has 0 spiro atoms. The van der Waals surface area contributed by atoms with Crippen molar-refractivity contribution in [2.45, 2.75) is 13.8 Å². The molecule has 1 amide bonds. The number of carbonyl (C=O) groups excluding carboxylic acids is 2. The Bertz CT molecular complexity index is 823. The zero-order valence-electron chi connectivity index (χ0n) is 14.9. The summed E-state index contributed by atoms with van der Waals surface area (Å²) < 4.78 is 16.4. The van der Waals surface area contributed by atoms with Crippen LogP contribution in [0.2, 0.25) is 0 Å². The smallest absolute Gasteiger partial charge is 0.331 e. The lowest BCUT2D eigenvalue weighted by atomic mass is 10.2. The molecule has 0 saturated carbocycles. The Balaban J connectivity index is 2.17. The van der Waals surface area contributed by atoms with Crippen molar-refractivity contribution in [2.24, 2.45) is 10.2 Å². The second kappa shape index (κ2) is 10.1. The first-order chi connectivity index (χ1) is 13.0. The number of methoxy groups -OCH3 is 1. The number of thioether (sulfide) groups is 1. The van der Waals surface area contributed by atoms with E-state index in [2.05, 4.69) is 36.2 Å². The van der Waals surface area contributed by atoms with E-state index in [1.54, 1.807) is 12.1 Å². The molecule has 0 aromatic heterocycles. The number of rotatable bonds is 7. The Labute approximate surface area is 169 Å². The van der Waals surface area contributed by atoms with Crippen LogP contribution in [0.5, 0.6) is 11.5 Å². The standard InChI is InChI=1S/C17H18BrN3O5S/c1-4-25-12-6-10(11(18)7-13(12)26-5-2)9-19-21-17-20-16(23)14(27-17)8-15(22)24-3/h6-9H,4-5H2,1-3H3,(H,20,21,23)/b14-8+,19-9?. The Hall–Kier alpha value is -2.33. The van der Waals surface area contributed by atoms with E-state index in [0.29, 0.717) is 24.7 Å². The van der Waals surface area contributed by atoms with Crippen molar-refractivity contribution < 1.29 is 23.8 Å². The molecular formula is C17H18BrN3O5S. The lowest BCUT2D eigenvalue weighted by molar-refractivity contribution is -0.135. The van der Waals surface area contributed by atoms with Gasteiger partial charge in [-0.25, -0.2) is 4.79 Å². The highest BCUT2D eigenvalue weighted by Gasteiger charge is 2.25. The van der Waals surface area contributed by atoms with E-state index < -0.39 is 11.9 Å². The number of esters is 1. The highest BCUT2D eigenvalue weighted by molar-refractivity contribution is 9.10. The predicted molar refractivity (Wildman–Crippen MR) is 107 cm³/mol. The van der Waals surface area contributed by atoms with Gasteiger partial charge in [0.15, 0.2) is 16.7 Å². The van der Waals surface area contributed by atoms with Gasteiger partial charge in [-0.05, 0) is 53.7 Å². The average molecular weight is 456 g/mol. The molecule has 144 valence electrons. The number of ether oxygens (including phenoxy) is 3. The van der Waals surface area contributed by atoms with Crippen LogP contribution in [-0.4, -0.2) is 43.6 Å². The highest BCUT2D eigenvalue weighted by atomic mass is 79.9. The Morgan fingerprint density at radius 1 is 1.26 bits per heavy atom. The maximum absolute atomic E-state index is 11.8. The molecule has 1 N–H and O–H groups in total. The number of benzene rings is 1. The number of hydrogen-bond donors (Lipinski definition) is 1. The summed E-state index contributed by atoms with van der Waals surface area (Å²) in [4.78, 5) is 23.2. The molecule has 0 atom stereocenters. The van der Waals surface area contributed by atoms with Crippen molar-refractivity contribution in [2.75, 3.05) is 20.3 Å². The minimum absolute atomic E-state index is 0.191. The molecule has 27 heavy (non-hydrogen) atoms. The summed E-state index contributed by atoms with van der Waals surface area (Å²) in [5, 5.41) is 10.7. The van der Waals surface area contributed by atoms with Gasteiger partial charge in [0.1, 0.15) is 0 Å². The van der Waals surface area contributed by atoms with Gasteiger partial charge < -0.3 is 14.2 Å². The molecular weight excluding hydrogens is 438 g/mol. The molecule has 1 aromatic carbocycles.